The Bertz CT molecular complexity index is 1390. The molecule has 0 atom stereocenters. The van der Waals surface area contributed by atoms with Gasteiger partial charge in [-0.15, -0.1) is 0 Å². The molecule has 0 unspecified atom stereocenters. The minimum Gasteiger partial charge on any atom is -0.481 e. The van der Waals surface area contributed by atoms with Gasteiger partial charge in [0.1, 0.15) is 5.71 Å². The number of hydrogen-bond donors (Lipinski definition) is 3. The fourth-order valence-electron chi connectivity index (χ4n) is 4.32. The number of carboxylic acids is 1. The quantitative estimate of drug-likeness (QED) is 0.238. The number of aliphatic imine (C=N–C) groups is 1. The number of nitrogens with zero attached hydrogens (tertiary/aromatic N) is 6. The number of hydrazone groups is 1. The van der Waals surface area contributed by atoms with Crippen LogP contribution in [0.1, 0.15) is 41.9 Å². The molecule has 11 nitrogen and oxygen atoms in total. The topological polar surface area (TPSA) is 186 Å². The van der Waals surface area contributed by atoms with Crippen molar-refractivity contribution in [3.05, 3.63) is 71.2 Å². The first kappa shape index (κ1) is 25.4. The van der Waals surface area contributed by atoms with E-state index in [4.69, 9.17) is 21.3 Å². The number of nitrogen functional groups attached to an aromatic ring is 1. The van der Waals surface area contributed by atoms with E-state index in [1.165, 1.54) is 6.21 Å². The molecule has 2 aromatic heterocycles. The maximum absolute atomic E-state index is 11.6. The SMILES string of the molecule is N#Cc1cccc(-c2cc(/C(C=NCc3cccc(C4(CC(=O)O)CCOCC4)n3)=N/N)nc(N)n2)c1. The number of pyridine rings is 1. The van der Waals surface area contributed by atoms with Crippen LogP contribution < -0.4 is 11.6 Å². The second-order valence-corrected chi connectivity index (χ2v) is 8.65. The zero-order valence-electron chi connectivity index (χ0n) is 20.0. The fourth-order valence-corrected chi connectivity index (χ4v) is 4.32. The van der Waals surface area contributed by atoms with Crippen LogP contribution in [0.2, 0.25) is 0 Å². The van der Waals surface area contributed by atoms with Crippen LogP contribution in [0.5, 0.6) is 0 Å². The van der Waals surface area contributed by atoms with Crippen molar-refractivity contribution < 1.29 is 14.6 Å². The number of anilines is 1. The van der Waals surface area contributed by atoms with E-state index in [1.807, 2.05) is 24.3 Å². The second-order valence-electron chi connectivity index (χ2n) is 8.65. The monoisotopic (exact) mass is 498 g/mol. The number of nitrogens with two attached hydrogens (primary N) is 2. The van der Waals surface area contributed by atoms with Crippen molar-refractivity contribution >= 4 is 23.8 Å². The summed E-state index contributed by atoms with van der Waals surface area (Å²) in [4.78, 5) is 29.2. The van der Waals surface area contributed by atoms with Crippen LogP contribution in [0.15, 0.2) is 58.6 Å². The molecule has 1 fully saturated rings. The van der Waals surface area contributed by atoms with Crippen LogP contribution in [-0.2, 0) is 21.5 Å². The van der Waals surface area contributed by atoms with E-state index >= 15 is 0 Å². The number of aromatic nitrogens is 3. The Kier molecular flexibility index (Phi) is 7.80. The highest BCUT2D eigenvalue weighted by atomic mass is 16.5. The van der Waals surface area contributed by atoms with Gasteiger partial charge in [0.05, 0.1) is 47.9 Å². The third-order valence-corrected chi connectivity index (χ3v) is 6.19. The molecule has 0 bridgehead atoms. The predicted octanol–water partition coefficient (Wildman–Crippen LogP) is 2.45. The number of aliphatic carboxylic acids is 1. The number of benzene rings is 1. The highest BCUT2D eigenvalue weighted by molar-refractivity contribution is 6.37. The van der Waals surface area contributed by atoms with E-state index in [1.54, 1.807) is 24.3 Å². The highest BCUT2D eigenvalue weighted by Gasteiger charge is 2.38. The second kappa shape index (κ2) is 11.4. The minimum absolute atomic E-state index is 0.00516. The summed E-state index contributed by atoms with van der Waals surface area (Å²) in [6.07, 6.45) is 2.66. The van der Waals surface area contributed by atoms with Crippen molar-refractivity contribution in [3.8, 4) is 17.3 Å². The molecule has 1 aromatic carbocycles. The van der Waals surface area contributed by atoms with Gasteiger partial charge in [-0.3, -0.25) is 14.8 Å². The van der Waals surface area contributed by atoms with E-state index in [-0.39, 0.29) is 24.6 Å². The fraction of sp³-hybridized carbons (Fsp3) is 0.269. The van der Waals surface area contributed by atoms with Gasteiger partial charge in [0.2, 0.25) is 5.95 Å². The Morgan fingerprint density at radius 3 is 2.68 bits per heavy atom. The van der Waals surface area contributed by atoms with E-state index in [9.17, 15) is 15.2 Å². The van der Waals surface area contributed by atoms with Crippen molar-refractivity contribution in [2.24, 2.45) is 15.9 Å². The lowest BCUT2D eigenvalue weighted by Crippen LogP contribution is -2.37. The summed E-state index contributed by atoms with van der Waals surface area (Å²) in [7, 11) is 0. The van der Waals surface area contributed by atoms with Crippen LogP contribution in [0.3, 0.4) is 0 Å². The van der Waals surface area contributed by atoms with Crippen molar-refractivity contribution in [1.82, 2.24) is 15.0 Å². The molecule has 4 rings (SSSR count). The van der Waals surface area contributed by atoms with Crippen molar-refractivity contribution in [2.45, 2.75) is 31.2 Å². The Morgan fingerprint density at radius 1 is 1.16 bits per heavy atom. The molecule has 0 amide bonds. The molecule has 1 aliphatic rings. The molecular weight excluding hydrogens is 472 g/mol. The Balaban J connectivity index is 1.55. The lowest BCUT2D eigenvalue weighted by Gasteiger charge is -2.35. The summed E-state index contributed by atoms with van der Waals surface area (Å²) >= 11 is 0. The Hall–Kier alpha value is -4.69. The van der Waals surface area contributed by atoms with E-state index < -0.39 is 11.4 Å². The average Bonchev–Trinajstić information content (AvgIpc) is 2.91. The molecular formula is C26H26N8O3. The average molecular weight is 499 g/mol. The maximum Gasteiger partial charge on any atom is 0.304 e. The van der Waals surface area contributed by atoms with E-state index in [2.05, 4.69) is 26.1 Å². The van der Waals surface area contributed by atoms with E-state index in [0.717, 1.165) is 5.69 Å². The van der Waals surface area contributed by atoms with Gasteiger partial charge in [-0.05, 0) is 43.2 Å². The molecule has 0 spiro atoms. The number of ether oxygens (including phenoxy) is 1. The van der Waals surface area contributed by atoms with Gasteiger partial charge in [-0.25, -0.2) is 9.97 Å². The number of rotatable bonds is 8. The van der Waals surface area contributed by atoms with Crippen LogP contribution in [0.4, 0.5) is 5.95 Å². The van der Waals surface area contributed by atoms with Gasteiger partial charge in [0, 0.05) is 29.9 Å². The van der Waals surface area contributed by atoms with Gasteiger partial charge in [-0.1, -0.05) is 18.2 Å². The summed E-state index contributed by atoms with van der Waals surface area (Å²) in [5, 5.41) is 22.5. The lowest BCUT2D eigenvalue weighted by atomic mass is 9.74. The molecule has 37 heavy (non-hydrogen) atoms. The first-order chi connectivity index (χ1) is 17.9. The van der Waals surface area contributed by atoms with E-state index in [0.29, 0.717) is 54.3 Å². The van der Waals surface area contributed by atoms with Gasteiger partial charge in [0.15, 0.2) is 0 Å². The first-order valence-corrected chi connectivity index (χ1v) is 11.6. The standard InChI is InChI=1S/C26H26N8O3/c27-14-17-3-1-4-18(11-17)20-12-21(33-25(28)32-20)22(34-29)16-30-15-19-5-2-6-23(31-19)26(13-24(35)36)7-9-37-10-8-26/h1-6,11-12,16H,7-10,13,15,29H2,(H,35,36)(H2,28,32,33)/b30-16?,34-22+. The molecule has 0 radical (unpaired) electrons. The highest BCUT2D eigenvalue weighted by Crippen LogP contribution is 2.37. The third-order valence-electron chi connectivity index (χ3n) is 6.19. The maximum atomic E-state index is 11.6. The molecule has 0 aliphatic carbocycles. The molecule has 188 valence electrons. The van der Waals surface area contributed by atoms with Crippen LogP contribution in [-0.4, -0.2) is 51.2 Å². The lowest BCUT2D eigenvalue weighted by molar-refractivity contribution is -0.139. The van der Waals surface area contributed by atoms with Gasteiger partial charge >= 0.3 is 5.97 Å². The Morgan fingerprint density at radius 2 is 1.95 bits per heavy atom. The number of carbonyl (C=O) groups is 1. The normalized spacial score (nSPS) is 15.4. The largest absolute Gasteiger partial charge is 0.481 e. The summed E-state index contributed by atoms with van der Waals surface area (Å²) in [5.41, 5.74) is 9.14. The smallest absolute Gasteiger partial charge is 0.304 e. The van der Waals surface area contributed by atoms with Crippen LogP contribution in [0.25, 0.3) is 11.3 Å². The molecule has 1 saturated heterocycles. The van der Waals surface area contributed by atoms with Crippen molar-refractivity contribution in [2.75, 3.05) is 18.9 Å². The summed E-state index contributed by atoms with van der Waals surface area (Å²) in [6, 6.07) is 16.3. The predicted molar refractivity (Wildman–Crippen MR) is 138 cm³/mol. The molecule has 1 aliphatic heterocycles. The molecule has 5 N–H and O–H groups in total. The number of carboxylic acid groups (broad SMARTS) is 1. The zero-order valence-corrected chi connectivity index (χ0v) is 20.0. The number of nitriles is 1. The Labute approximate surface area is 213 Å². The van der Waals surface area contributed by atoms with Crippen LogP contribution in [0, 0.1) is 11.3 Å². The van der Waals surface area contributed by atoms with Crippen molar-refractivity contribution in [1.29, 1.82) is 5.26 Å². The minimum atomic E-state index is -0.862. The van der Waals surface area contributed by atoms with Gasteiger partial charge in [0.25, 0.3) is 0 Å². The molecule has 3 aromatic rings. The summed E-state index contributed by atoms with van der Waals surface area (Å²) < 4.78 is 5.46. The summed E-state index contributed by atoms with van der Waals surface area (Å²) in [5.74, 6) is 4.79. The number of hydrogen-bond acceptors (Lipinski definition) is 10. The zero-order chi connectivity index (χ0) is 26.3. The van der Waals surface area contributed by atoms with Crippen LogP contribution >= 0.6 is 0 Å². The summed E-state index contributed by atoms with van der Waals surface area (Å²) in [6.45, 7) is 1.22. The molecule has 11 heteroatoms. The molecule has 0 saturated carbocycles. The first-order valence-electron chi connectivity index (χ1n) is 11.6. The molecule has 3 heterocycles. The third kappa shape index (κ3) is 6.12. The van der Waals surface area contributed by atoms with Crippen molar-refractivity contribution in [3.63, 3.8) is 0 Å². The van der Waals surface area contributed by atoms with Gasteiger partial charge in [-0.2, -0.15) is 10.4 Å². The van der Waals surface area contributed by atoms with Gasteiger partial charge < -0.3 is 21.4 Å².